The van der Waals surface area contributed by atoms with Gasteiger partial charge < -0.3 is 9.26 Å². The largest absolute Gasteiger partial charge is 0.486 e. The zero-order valence-electron chi connectivity index (χ0n) is 8.54. The lowest BCUT2D eigenvalue weighted by Gasteiger charge is -2.05. The molecule has 16 heavy (non-hydrogen) atoms. The second-order valence-electron chi connectivity index (χ2n) is 3.29. The van der Waals surface area contributed by atoms with Gasteiger partial charge in [0.15, 0.2) is 0 Å². The Kier molecular flexibility index (Phi) is 3.10. The first kappa shape index (κ1) is 11.0. The number of hydrogen-bond acceptors (Lipinski definition) is 3. The minimum absolute atomic E-state index is 0.236. The molecule has 0 aliphatic heterocycles. The Balaban J connectivity index is 2.04. The highest BCUT2D eigenvalue weighted by Gasteiger charge is 2.05. The van der Waals surface area contributed by atoms with E-state index >= 15 is 0 Å². The molecular formula is C11H9ClFNO2. The molecule has 3 nitrogen and oxygen atoms in total. The van der Waals surface area contributed by atoms with Crippen LogP contribution in [0.3, 0.4) is 0 Å². The predicted octanol–water partition coefficient (Wildman–Crippen LogP) is 3.35. The molecule has 0 bridgehead atoms. The van der Waals surface area contributed by atoms with Crippen LogP contribution < -0.4 is 4.74 Å². The number of aryl methyl sites for hydroxylation is 1. The Bertz CT molecular complexity index is 498. The molecule has 1 heterocycles. The van der Waals surface area contributed by atoms with Gasteiger partial charge in [-0.25, -0.2) is 4.39 Å². The molecule has 0 N–H and O–H groups in total. The average molecular weight is 242 g/mol. The number of halogens is 2. The lowest BCUT2D eigenvalue weighted by molar-refractivity contribution is 0.287. The first-order chi connectivity index (χ1) is 7.65. The fraction of sp³-hybridized carbons (Fsp3) is 0.182. The van der Waals surface area contributed by atoms with Crippen LogP contribution in [0.15, 0.2) is 28.8 Å². The third kappa shape index (κ3) is 2.52. The van der Waals surface area contributed by atoms with Crippen LogP contribution in [0, 0.1) is 12.7 Å². The van der Waals surface area contributed by atoms with Gasteiger partial charge >= 0.3 is 0 Å². The summed E-state index contributed by atoms with van der Waals surface area (Å²) in [5.41, 5.74) is 0.665. The zero-order chi connectivity index (χ0) is 11.5. The average Bonchev–Trinajstić information content (AvgIpc) is 2.63. The van der Waals surface area contributed by atoms with Crippen LogP contribution in [0.25, 0.3) is 0 Å². The van der Waals surface area contributed by atoms with Gasteiger partial charge in [0, 0.05) is 6.07 Å². The maximum absolute atomic E-state index is 12.7. The molecule has 0 amide bonds. The lowest BCUT2D eigenvalue weighted by Crippen LogP contribution is -1.96. The molecule has 0 saturated heterocycles. The number of hydrogen-bond donors (Lipinski definition) is 0. The molecule has 2 rings (SSSR count). The molecule has 5 heteroatoms. The predicted molar refractivity (Wildman–Crippen MR) is 57.0 cm³/mol. The molecule has 0 radical (unpaired) electrons. The van der Waals surface area contributed by atoms with E-state index < -0.39 is 5.82 Å². The fourth-order valence-corrected chi connectivity index (χ4v) is 1.45. The molecule has 2 aromatic rings. The van der Waals surface area contributed by atoms with Crippen LogP contribution in [0.4, 0.5) is 4.39 Å². The topological polar surface area (TPSA) is 35.3 Å². The monoisotopic (exact) mass is 241 g/mol. The Morgan fingerprint density at radius 1 is 1.44 bits per heavy atom. The summed E-state index contributed by atoms with van der Waals surface area (Å²) >= 11 is 5.79. The van der Waals surface area contributed by atoms with Gasteiger partial charge in [0.25, 0.3) is 0 Å². The van der Waals surface area contributed by atoms with Gasteiger partial charge in [-0.1, -0.05) is 16.8 Å². The Morgan fingerprint density at radius 2 is 2.25 bits per heavy atom. The van der Waals surface area contributed by atoms with Crippen LogP contribution in [0.2, 0.25) is 5.02 Å². The smallest absolute Gasteiger partial charge is 0.138 e. The van der Waals surface area contributed by atoms with Crippen molar-refractivity contribution in [2.75, 3.05) is 0 Å². The summed E-state index contributed by atoms with van der Waals surface area (Å²) in [6.45, 7) is 2.03. The van der Waals surface area contributed by atoms with Crippen molar-refractivity contribution in [3.05, 3.63) is 46.6 Å². The number of ether oxygens (including phenoxy) is 1. The van der Waals surface area contributed by atoms with E-state index in [1.807, 2.05) is 0 Å². The van der Waals surface area contributed by atoms with E-state index in [2.05, 4.69) is 5.16 Å². The highest BCUT2D eigenvalue weighted by Crippen LogP contribution is 2.25. The second kappa shape index (κ2) is 4.53. The number of nitrogens with zero attached hydrogens (tertiary/aromatic N) is 1. The van der Waals surface area contributed by atoms with Crippen molar-refractivity contribution in [3.8, 4) is 5.75 Å². The van der Waals surface area contributed by atoms with E-state index in [9.17, 15) is 4.39 Å². The molecule has 0 saturated carbocycles. The van der Waals surface area contributed by atoms with Crippen LogP contribution in [0.5, 0.6) is 5.75 Å². The summed E-state index contributed by atoms with van der Waals surface area (Å²) in [7, 11) is 0. The van der Waals surface area contributed by atoms with E-state index in [1.54, 1.807) is 13.0 Å². The van der Waals surface area contributed by atoms with Crippen molar-refractivity contribution in [1.29, 1.82) is 0 Å². The van der Waals surface area contributed by atoms with Gasteiger partial charge in [-0.2, -0.15) is 0 Å². The minimum Gasteiger partial charge on any atom is -0.486 e. The van der Waals surface area contributed by atoms with Gasteiger partial charge in [0.1, 0.15) is 29.6 Å². The third-order valence-corrected chi connectivity index (χ3v) is 2.24. The molecule has 1 aromatic carbocycles. The quantitative estimate of drug-likeness (QED) is 0.827. The maximum Gasteiger partial charge on any atom is 0.138 e. The molecule has 0 atom stereocenters. The summed E-state index contributed by atoms with van der Waals surface area (Å²) in [4.78, 5) is 0. The van der Waals surface area contributed by atoms with Gasteiger partial charge in [-0.05, 0) is 25.1 Å². The standard InChI is InChI=1S/C11H9ClFNO2/c1-7-4-9(14-16-7)6-15-11-3-2-8(13)5-10(11)12/h2-5H,6H2,1H3. The summed E-state index contributed by atoms with van der Waals surface area (Å²) in [5, 5.41) is 4.00. The van der Waals surface area contributed by atoms with Gasteiger partial charge in [0.05, 0.1) is 5.02 Å². The van der Waals surface area contributed by atoms with Crippen molar-refractivity contribution >= 4 is 11.6 Å². The summed E-state index contributed by atoms with van der Waals surface area (Å²) in [6.07, 6.45) is 0. The fourth-order valence-electron chi connectivity index (χ4n) is 1.23. The molecule has 0 unspecified atom stereocenters. The maximum atomic E-state index is 12.7. The van der Waals surface area contributed by atoms with E-state index in [0.717, 1.165) is 0 Å². The summed E-state index contributed by atoms with van der Waals surface area (Å²) < 4.78 is 23.0. The molecule has 1 aromatic heterocycles. The lowest BCUT2D eigenvalue weighted by atomic mass is 10.3. The van der Waals surface area contributed by atoms with Gasteiger partial charge in [-0.15, -0.1) is 0 Å². The van der Waals surface area contributed by atoms with E-state index in [4.69, 9.17) is 20.9 Å². The number of rotatable bonds is 3. The van der Waals surface area contributed by atoms with Crippen molar-refractivity contribution in [2.45, 2.75) is 13.5 Å². The van der Waals surface area contributed by atoms with Crippen LogP contribution >= 0.6 is 11.6 Å². The molecular weight excluding hydrogens is 233 g/mol. The zero-order valence-corrected chi connectivity index (χ0v) is 9.29. The van der Waals surface area contributed by atoms with E-state index in [1.165, 1.54) is 18.2 Å². The molecule has 0 aliphatic carbocycles. The van der Waals surface area contributed by atoms with Crippen molar-refractivity contribution in [1.82, 2.24) is 5.16 Å². The Morgan fingerprint density at radius 3 is 2.88 bits per heavy atom. The summed E-state index contributed by atoms with van der Waals surface area (Å²) in [5.74, 6) is 0.738. The van der Waals surface area contributed by atoms with Crippen LogP contribution in [0.1, 0.15) is 11.5 Å². The van der Waals surface area contributed by atoms with Crippen LogP contribution in [-0.2, 0) is 6.61 Å². The van der Waals surface area contributed by atoms with Crippen molar-refractivity contribution < 1.29 is 13.7 Å². The second-order valence-corrected chi connectivity index (χ2v) is 3.70. The Hall–Kier alpha value is -1.55. The van der Waals surface area contributed by atoms with Gasteiger partial charge in [-0.3, -0.25) is 0 Å². The van der Waals surface area contributed by atoms with E-state index in [0.29, 0.717) is 17.2 Å². The first-order valence-corrected chi connectivity index (χ1v) is 5.03. The number of benzene rings is 1. The third-order valence-electron chi connectivity index (χ3n) is 1.95. The summed E-state index contributed by atoms with van der Waals surface area (Å²) in [6, 6.07) is 5.72. The highest BCUT2D eigenvalue weighted by molar-refractivity contribution is 6.32. The molecule has 84 valence electrons. The normalized spacial score (nSPS) is 10.4. The molecule has 0 fully saturated rings. The van der Waals surface area contributed by atoms with Crippen molar-refractivity contribution in [2.24, 2.45) is 0 Å². The van der Waals surface area contributed by atoms with E-state index in [-0.39, 0.29) is 11.6 Å². The number of aromatic nitrogens is 1. The SMILES string of the molecule is Cc1cc(COc2ccc(F)cc2Cl)no1. The minimum atomic E-state index is -0.394. The van der Waals surface area contributed by atoms with Gasteiger partial charge in [0.2, 0.25) is 0 Å². The Labute approximate surface area is 96.8 Å². The highest BCUT2D eigenvalue weighted by atomic mass is 35.5. The molecule has 0 spiro atoms. The van der Waals surface area contributed by atoms with Crippen molar-refractivity contribution in [3.63, 3.8) is 0 Å². The van der Waals surface area contributed by atoms with Crippen LogP contribution in [-0.4, -0.2) is 5.16 Å². The molecule has 0 aliphatic rings. The first-order valence-electron chi connectivity index (χ1n) is 4.65.